The molecule has 1 aliphatic rings. The molecule has 3 N–H and O–H groups in total. The minimum atomic E-state index is -0.379. The molecule has 1 fully saturated rings. The topological polar surface area (TPSA) is 61.6 Å². The number of halogens is 2. The van der Waals surface area contributed by atoms with Crippen LogP contribution < -0.4 is 11.1 Å². The van der Waals surface area contributed by atoms with E-state index >= 15 is 0 Å². The van der Waals surface area contributed by atoms with Crippen molar-refractivity contribution in [1.29, 1.82) is 0 Å². The van der Waals surface area contributed by atoms with Crippen LogP contribution in [0.1, 0.15) is 26.7 Å². The maximum absolute atomic E-state index is 11.8. The first-order valence-corrected chi connectivity index (χ1v) is 7.80. The van der Waals surface area contributed by atoms with E-state index in [2.05, 4.69) is 29.2 Å². The van der Waals surface area contributed by atoms with Crippen LogP contribution in [0.25, 0.3) is 0 Å². The van der Waals surface area contributed by atoms with Gasteiger partial charge < -0.3 is 20.9 Å². The third kappa shape index (κ3) is 9.16. The predicted molar refractivity (Wildman–Crippen MR) is 98.0 cm³/mol. The van der Waals surface area contributed by atoms with Crippen LogP contribution in [0.5, 0.6) is 0 Å². The maximum atomic E-state index is 11.8. The molecule has 0 aromatic carbocycles. The molecule has 0 unspecified atom stereocenters. The van der Waals surface area contributed by atoms with E-state index in [-0.39, 0.29) is 42.7 Å². The van der Waals surface area contributed by atoms with Crippen LogP contribution in [0.4, 0.5) is 0 Å². The Kier molecular flexibility index (Phi) is 13.6. The molecule has 0 bridgehead atoms. The van der Waals surface area contributed by atoms with Gasteiger partial charge in [-0.25, -0.2) is 0 Å². The summed E-state index contributed by atoms with van der Waals surface area (Å²) in [6.07, 6.45) is 2.34. The van der Waals surface area contributed by atoms with E-state index in [9.17, 15) is 4.79 Å². The number of nitrogens with two attached hydrogens (primary N) is 1. The SMILES string of the molecule is CC(C)[C@H](N)C(=O)NCC1CCN(CCN(C)C)CC1.Cl.Cl. The van der Waals surface area contributed by atoms with Gasteiger partial charge in [-0.15, -0.1) is 24.8 Å². The van der Waals surface area contributed by atoms with Gasteiger partial charge in [0.15, 0.2) is 0 Å². The summed E-state index contributed by atoms with van der Waals surface area (Å²) in [7, 11) is 4.22. The zero-order valence-corrected chi connectivity index (χ0v) is 16.0. The second kappa shape index (κ2) is 12.4. The number of nitrogens with zero attached hydrogens (tertiary/aromatic N) is 2. The Hall–Kier alpha value is -0.0700. The fourth-order valence-corrected chi connectivity index (χ4v) is 2.42. The molecule has 1 aliphatic heterocycles. The van der Waals surface area contributed by atoms with Gasteiger partial charge in [0.2, 0.25) is 5.91 Å². The van der Waals surface area contributed by atoms with Gasteiger partial charge in [-0.2, -0.15) is 0 Å². The monoisotopic (exact) mass is 356 g/mol. The molecule has 1 rings (SSSR count). The summed E-state index contributed by atoms with van der Waals surface area (Å²) in [5.74, 6) is 0.798. The molecule has 22 heavy (non-hydrogen) atoms. The van der Waals surface area contributed by atoms with Crippen molar-refractivity contribution < 1.29 is 4.79 Å². The number of carbonyl (C=O) groups is 1. The van der Waals surface area contributed by atoms with Crippen LogP contribution in [0.2, 0.25) is 0 Å². The summed E-state index contributed by atoms with van der Waals surface area (Å²) in [6, 6.07) is -0.379. The van der Waals surface area contributed by atoms with E-state index in [1.807, 2.05) is 13.8 Å². The van der Waals surface area contributed by atoms with Crippen molar-refractivity contribution in [3.05, 3.63) is 0 Å². The fraction of sp³-hybridized carbons (Fsp3) is 0.933. The molecule has 5 nitrogen and oxygen atoms in total. The lowest BCUT2D eigenvalue weighted by atomic mass is 9.96. The molecule has 0 radical (unpaired) electrons. The van der Waals surface area contributed by atoms with E-state index in [4.69, 9.17) is 5.73 Å². The van der Waals surface area contributed by atoms with Gasteiger partial charge in [-0.3, -0.25) is 4.79 Å². The van der Waals surface area contributed by atoms with Crippen molar-refractivity contribution in [1.82, 2.24) is 15.1 Å². The highest BCUT2D eigenvalue weighted by Crippen LogP contribution is 2.16. The van der Waals surface area contributed by atoms with Gasteiger partial charge in [-0.1, -0.05) is 13.8 Å². The number of likely N-dealkylation sites (tertiary alicyclic amines) is 1. The summed E-state index contributed by atoms with van der Waals surface area (Å²) >= 11 is 0. The average Bonchev–Trinajstić information content (AvgIpc) is 2.42. The fourth-order valence-electron chi connectivity index (χ4n) is 2.42. The lowest BCUT2D eigenvalue weighted by Gasteiger charge is -2.32. The van der Waals surface area contributed by atoms with Crippen LogP contribution in [0, 0.1) is 11.8 Å². The van der Waals surface area contributed by atoms with Gasteiger partial charge in [0.25, 0.3) is 0 Å². The summed E-state index contributed by atoms with van der Waals surface area (Å²) in [5, 5.41) is 3.01. The number of amides is 1. The molecular weight excluding hydrogens is 323 g/mol. The second-order valence-electron chi connectivity index (χ2n) is 6.60. The quantitative estimate of drug-likeness (QED) is 0.719. The molecule has 0 aliphatic carbocycles. The third-order valence-electron chi connectivity index (χ3n) is 4.16. The van der Waals surface area contributed by atoms with Crippen LogP contribution in [0.15, 0.2) is 0 Å². The Morgan fingerprint density at radius 2 is 1.82 bits per heavy atom. The van der Waals surface area contributed by atoms with Crippen molar-refractivity contribution in [2.24, 2.45) is 17.6 Å². The molecule has 1 atom stereocenters. The predicted octanol–water partition coefficient (Wildman–Crippen LogP) is 1.20. The molecule has 7 heteroatoms. The summed E-state index contributed by atoms with van der Waals surface area (Å²) in [5.41, 5.74) is 5.84. The number of piperidine rings is 1. The molecule has 1 heterocycles. The zero-order chi connectivity index (χ0) is 15.1. The molecule has 0 aromatic rings. The van der Waals surface area contributed by atoms with Crippen molar-refractivity contribution >= 4 is 30.7 Å². The molecule has 0 spiro atoms. The minimum Gasteiger partial charge on any atom is -0.354 e. The Balaban J connectivity index is 0. The molecule has 0 aromatic heterocycles. The number of carbonyl (C=O) groups excluding carboxylic acids is 1. The largest absolute Gasteiger partial charge is 0.354 e. The van der Waals surface area contributed by atoms with E-state index in [1.54, 1.807) is 0 Å². The number of rotatable bonds is 7. The van der Waals surface area contributed by atoms with E-state index in [1.165, 1.54) is 12.8 Å². The van der Waals surface area contributed by atoms with Gasteiger partial charge in [0, 0.05) is 19.6 Å². The summed E-state index contributed by atoms with van der Waals surface area (Å²) < 4.78 is 0. The molecule has 1 saturated heterocycles. The Labute approximate surface area is 148 Å². The van der Waals surface area contributed by atoms with Gasteiger partial charge in [-0.05, 0) is 51.9 Å². The van der Waals surface area contributed by atoms with Gasteiger partial charge in [0.05, 0.1) is 6.04 Å². The smallest absolute Gasteiger partial charge is 0.237 e. The first kappa shape index (κ1) is 24.2. The number of likely N-dealkylation sites (N-methyl/N-ethyl adjacent to an activating group) is 1. The van der Waals surface area contributed by atoms with E-state index < -0.39 is 0 Å². The number of nitrogens with one attached hydrogen (secondary N) is 1. The van der Waals surface area contributed by atoms with Crippen molar-refractivity contribution in [2.45, 2.75) is 32.7 Å². The van der Waals surface area contributed by atoms with Gasteiger partial charge in [0.1, 0.15) is 0 Å². The Bertz CT molecular complexity index is 295. The highest BCUT2D eigenvalue weighted by Gasteiger charge is 2.21. The summed E-state index contributed by atoms with van der Waals surface area (Å²) in [4.78, 5) is 16.6. The second-order valence-corrected chi connectivity index (χ2v) is 6.60. The van der Waals surface area contributed by atoms with Crippen molar-refractivity contribution in [2.75, 3.05) is 46.8 Å². The molecule has 1 amide bonds. The van der Waals surface area contributed by atoms with Crippen molar-refractivity contribution in [3.8, 4) is 0 Å². The maximum Gasteiger partial charge on any atom is 0.237 e. The van der Waals surface area contributed by atoms with Crippen LogP contribution in [-0.2, 0) is 4.79 Å². The molecule has 0 saturated carbocycles. The first-order chi connectivity index (χ1) is 9.40. The highest BCUT2D eigenvalue weighted by molar-refractivity contribution is 5.85. The van der Waals surface area contributed by atoms with Crippen LogP contribution >= 0.6 is 24.8 Å². The zero-order valence-electron chi connectivity index (χ0n) is 14.4. The number of hydrogen-bond acceptors (Lipinski definition) is 4. The normalized spacial score (nSPS) is 17.8. The standard InChI is InChI=1S/C15H32N4O.2ClH/c1-12(2)14(16)15(20)17-11-13-5-7-19(8-6-13)10-9-18(3)4;;/h12-14H,5-11,16H2,1-4H3,(H,17,20);2*1H/t14-;;/m0../s1. The van der Waals surface area contributed by atoms with E-state index in [0.717, 1.165) is 32.7 Å². The van der Waals surface area contributed by atoms with Crippen molar-refractivity contribution in [3.63, 3.8) is 0 Å². The lowest BCUT2D eigenvalue weighted by Crippen LogP contribution is -2.47. The van der Waals surface area contributed by atoms with Gasteiger partial charge >= 0.3 is 0 Å². The van der Waals surface area contributed by atoms with E-state index in [0.29, 0.717) is 5.92 Å². The van der Waals surface area contributed by atoms with Crippen LogP contribution in [-0.4, -0.2) is 68.6 Å². The Morgan fingerprint density at radius 3 is 2.27 bits per heavy atom. The summed E-state index contributed by atoms with van der Waals surface area (Å²) in [6.45, 7) is 9.28. The highest BCUT2D eigenvalue weighted by atomic mass is 35.5. The molecular formula is C15H34Cl2N4O. The molecule has 134 valence electrons. The minimum absolute atomic E-state index is 0. The average molecular weight is 357 g/mol. The third-order valence-corrected chi connectivity index (χ3v) is 4.16. The number of hydrogen-bond donors (Lipinski definition) is 2. The lowest BCUT2D eigenvalue weighted by molar-refractivity contribution is -0.123. The first-order valence-electron chi connectivity index (χ1n) is 7.80. The van der Waals surface area contributed by atoms with Crippen LogP contribution in [0.3, 0.4) is 0 Å². The Morgan fingerprint density at radius 1 is 1.27 bits per heavy atom.